The molecule has 4 atom stereocenters. The van der Waals surface area contributed by atoms with Gasteiger partial charge in [0.15, 0.2) is 0 Å². The number of amides is 4. The quantitative estimate of drug-likeness (QED) is 0.220. The molecule has 1 aliphatic heterocycles. The van der Waals surface area contributed by atoms with Crippen molar-refractivity contribution in [2.75, 3.05) is 6.54 Å². The summed E-state index contributed by atoms with van der Waals surface area (Å²) in [5.74, 6) is -1.59. The SMILES string of the molecule is C/C=C(/C)[C@H](NC(=O)OCc1cccc(Cl)c1)C(=O)N[C@@H](CC(C)C)C(=O)N[C@H](C=O)C[C@@H]1CCNC1=O. The molecule has 0 saturated carbocycles. The van der Waals surface area contributed by atoms with Crippen LogP contribution in [0.15, 0.2) is 35.9 Å². The number of ether oxygens (including phenoxy) is 1. The number of aldehydes is 1. The predicted octanol–water partition coefficient (Wildman–Crippen LogP) is 2.64. The van der Waals surface area contributed by atoms with Crippen LogP contribution in [0.5, 0.6) is 0 Å². The van der Waals surface area contributed by atoms with Gasteiger partial charge in [-0.3, -0.25) is 14.4 Å². The van der Waals surface area contributed by atoms with Gasteiger partial charge in [-0.15, -0.1) is 0 Å². The van der Waals surface area contributed by atoms with Gasteiger partial charge in [0.05, 0.1) is 6.04 Å². The molecule has 1 fully saturated rings. The monoisotopic (exact) mass is 548 g/mol. The summed E-state index contributed by atoms with van der Waals surface area (Å²) < 4.78 is 5.25. The van der Waals surface area contributed by atoms with E-state index in [1.54, 1.807) is 44.2 Å². The van der Waals surface area contributed by atoms with Crippen molar-refractivity contribution >= 4 is 41.7 Å². The van der Waals surface area contributed by atoms with Gasteiger partial charge in [0, 0.05) is 17.5 Å². The van der Waals surface area contributed by atoms with Gasteiger partial charge < -0.3 is 30.8 Å². The van der Waals surface area contributed by atoms with Crippen LogP contribution in [-0.2, 0) is 30.5 Å². The molecule has 208 valence electrons. The molecule has 0 spiro atoms. The first-order chi connectivity index (χ1) is 18.0. The Kier molecular flexibility index (Phi) is 12.3. The molecule has 1 aromatic rings. The highest BCUT2D eigenvalue weighted by Gasteiger charge is 2.32. The molecule has 1 saturated heterocycles. The van der Waals surface area contributed by atoms with Gasteiger partial charge in [-0.25, -0.2) is 4.79 Å². The highest BCUT2D eigenvalue weighted by Crippen LogP contribution is 2.16. The molecule has 1 aromatic carbocycles. The van der Waals surface area contributed by atoms with Gasteiger partial charge in [0.1, 0.15) is 25.0 Å². The second-order valence-corrected chi connectivity index (χ2v) is 10.2. The lowest BCUT2D eigenvalue weighted by Gasteiger charge is -2.26. The summed E-state index contributed by atoms with van der Waals surface area (Å²) >= 11 is 5.96. The average Bonchev–Trinajstić information content (AvgIpc) is 3.28. The molecule has 0 radical (unpaired) electrons. The number of carbonyl (C=O) groups excluding carboxylic acids is 5. The van der Waals surface area contributed by atoms with Crippen molar-refractivity contribution in [2.24, 2.45) is 11.8 Å². The largest absolute Gasteiger partial charge is 0.445 e. The number of rotatable bonds is 13. The summed E-state index contributed by atoms with van der Waals surface area (Å²) in [4.78, 5) is 62.3. The number of carbonyl (C=O) groups is 5. The number of allylic oxidation sites excluding steroid dienone is 1. The fourth-order valence-electron chi connectivity index (χ4n) is 4.05. The first-order valence-corrected chi connectivity index (χ1v) is 13.1. The van der Waals surface area contributed by atoms with E-state index in [0.717, 1.165) is 0 Å². The Labute approximate surface area is 228 Å². The molecule has 10 nitrogen and oxygen atoms in total. The Morgan fingerprint density at radius 3 is 2.50 bits per heavy atom. The number of alkyl carbamates (subject to hydrolysis) is 1. The maximum absolute atomic E-state index is 13.2. The van der Waals surface area contributed by atoms with E-state index in [9.17, 15) is 24.0 Å². The van der Waals surface area contributed by atoms with Crippen LogP contribution >= 0.6 is 11.6 Å². The van der Waals surface area contributed by atoms with E-state index in [4.69, 9.17) is 16.3 Å². The molecule has 0 aliphatic carbocycles. The summed E-state index contributed by atoms with van der Waals surface area (Å²) in [7, 11) is 0. The van der Waals surface area contributed by atoms with Crippen molar-refractivity contribution in [3.8, 4) is 0 Å². The van der Waals surface area contributed by atoms with Gasteiger partial charge in [-0.05, 0) is 62.3 Å². The first kappa shape index (κ1) is 30.8. The molecule has 0 aromatic heterocycles. The van der Waals surface area contributed by atoms with Gasteiger partial charge in [0.2, 0.25) is 17.7 Å². The molecule has 4 amide bonds. The Bertz CT molecular complexity index is 1040. The second-order valence-electron chi connectivity index (χ2n) is 9.77. The van der Waals surface area contributed by atoms with Crippen LogP contribution in [0.4, 0.5) is 4.79 Å². The standard InChI is InChI=1S/C27H37ClN4O6/c1-5-17(4)23(32-27(37)38-15-18-7-6-8-20(28)12-18)26(36)31-22(11-16(2)3)25(35)30-21(14-33)13-19-9-10-29-24(19)34/h5-8,12,14,16,19,21-23H,9-11,13,15H2,1-4H3,(H,29,34)(H,30,35)(H,31,36)(H,32,37)/b17-5-/t19-,21-,22-,23-/m0/s1. The zero-order valence-corrected chi connectivity index (χ0v) is 23.0. The highest BCUT2D eigenvalue weighted by molar-refractivity contribution is 6.30. The van der Waals surface area contributed by atoms with Crippen LogP contribution in [0, 0.1) is 11.8 Å². The molecule has 2 rings (SSSR count). The van der Waals surface area contributed by atoms with Crippen molar-refractivity contribution in [3.63, 3.8) is 0 Å². The van der Waals surface area contributed by atoms with Crippen LogP contribution in [0.1, 0.15) is 52.5 Å². The summed E-state index contributed by atoms with van der Waals surface area (Å²) in [6, 6.07) is 3.94. The van der Waals surface area contributed by atoms with Crippen molar-refractivity contribution in [1.29, 1.82) is 0 Å². The van der Waals surface area contributed by atoms with E-state index in [2.05, 4.69) is 21.3 Å². The second kappa shape index (κ2) is 15.1. The molecule has 1 aliphatic rings. The Morgan fingerprint density at radius 2 is 1.92 bits per heavy atom. The minimum absolute atomic E-state index is 0.0400. The van der Waals surface area contributed by atoms with Gasteiger partial charge in [-0.2, -0.15) is 0 Å². The van der Waals surface area contributed by atoms with E-state index in [1.807, 2.05) is 13.8 Å². The Morgan fingerprint density at radius 1 is 1.18 bits per heavy atom. The third-order valence-corrected chi connectivity index (χ3v) is 6.46. The summed E-state index contributed by atoms with van der Waals surface area (Å²) in [6.07, 6.45) is 2.54. The summed E-state index contributed by atoms with van der Waals surface area (Å²) in [5.41, 5.74) is 1.23. The zero-order chi connectivity index (χ0) is 28.2. The van der Waals surface area contributed by atoms with Crippen LogP contribution in [0.3, 0.4) is 0 Å². The third-order valence-electron chi connectivity index (χ3n) is 6.23. The van der Waals surface area contributed by atoms with Gasteiger partial charge >= 0.3 is 6.09 Å². The smallest absolute Gasteiger partial charge is 0.408 e. The summed E-state index contributed by atoms with van der Waals surface area (Å²) in [5, 5.41) is 11.1. The topological polar surface area (TPSA) is 143 Å². The molecule has 11 heteroatoms. The van der Waals surface area contributed by atoms with Gasteiger partial charge in [-0.1, -0.05) is 43.7 Å². The Balaban J connectivity index is 2.05. The normalized spacial score (nSPS) is 17.7. The predicted molar refractivity (Wildman–Crippen MR) is 143 cm³/mol. The fraction of sp³-hybridized carbons (Fsp3) is 0.519. The van der Waals surface area contributed by atoms with E-state index < -0.39 is 36.0 Å². The van der Waals surface area contributed by atoms with Crippen LogP contribution < -0.4 is 21.3 Å². The molecule has 0 unspecified atom stereocenters. The molecular formula is C27H37ClN4O6. The van der Waals surface area contributed by atoms with Crippen molar-refractivity contribution < 1.29 is 28.7 Å². The van der Waals surface area contributed by atoms with E-state index in [-0.39, 0.29) is 30.8 Å². The third kappa shape index (κ3) is 9.81. The highest BCUT2D eigenvalue weighted by atomic mass is 35.5. The number of nitrogens with one attached hydrogen (secondary N) is 4. The molecule has 0 bridgehead atoms. The van der Waals surface area contributed by atoms with Crippen LogP contribution in [0.25, 0.3) is 0 Å². The van der Waals surface area contributed by atoms with E-state index >= 15 is 0 Å². The van der Waals surface area contributed by atoms with Crippen LogP contribution in [-0.4, -0.2) is 54.8 Å². The number of hydrogen-bond acceptors (Lipinski definition) is 6. The lowest BCUT2D eigenvalue weighted by molar-refractivity contribution is -0.131. The summed E-state index contributed by atoms with van der Waals surface area (Å²) in [6.45, 7) is 7.68. The molecule has 38 heavy (non-hydrogen) atoms. The number of halogens is 1. The lowest BCUT2D eigenvalue weighted by Crippen LogP contribution is -2.56. The number of benzene rings is 1. The lowest BCUT2D eigenvalue weighted by atomic mass is 9.97. The van der Waals surface area contributed by atoms with E-state index in [0.29, 0.717) is 41.8 Å². The van der Waals surface area contributed by atoms with Crippen molar-refractivity contribution in [2.45, 2.75) is 71.7 Å². The Hall–Kier alpha value is -3.40. The maximum atomic E-state index is 13.2. The van der Waals surface area contributed by atoms with E-state index in [1.165, 1.54) is 0 Å². The minimum Gasteiger partial charge on any atom is -0.445 e. The number of hydrogen-bond donors (Lipinski definition) is 4. The molecule has 1 heterocycles. The zero-order valence-electron chi connectivity index (χ0n) is 22.2. The van der Waals surface area contributed by atoms with Crippen molar-refractivity contribution in [3.05, 3.63) is 46.5 Å². The van der Waals surface area contributed by atoms with Crippen molar-refractivity contribution in [1.82, 2.24) is 21.3 Å². The molecular weight excluding hydrogens is 512 g/mol. The van der Waals surface area contributed by atoms with Gasteiger partial charge in [0.25, 0.3) is 0 Å². The first-order valence-electron chi connectivity index (χ1n) is 12.7. The average molecular weight is 549 g/mol. The molecule has 4 N–H and O–H groups in total. The van der Waals surface area contributed by atoms with Crippen LogP contribution in [0.2, 0.25) is 5.02 Å². The minimum atomic E-state index is -1.08. The maximum Gasteiger partial charge on any atom is 0.408 e. The fourth-order valence-corrected chi connectivity index (χ4v) is 4.27.